The smallest absolute Gasteiger partial charge is 0.332 e. The van der Waals surface area contributed by atoms with Gasteiger partial charge in [0.25, 0.3) is 5.56 Å². The molecule has 0 bridgehead atoms. The van der Waals surface area contributed by atoms with Gasteiger partial charge in [0.15, 0.2) is 11.2 Å². The number of hydrogen-bond donors (Lipinski definition) is 2. The number of aliphatic hydroxyl groups is 1. The van der Waals surface area contributed by atoms with Gasteiger partial charge < -0.3 is 23.9 Å². The van der Waals surface area contributed by atoms with Gasteiger partial charge in [0.1, 0.15) is 30.0 Å². The molecule has 0 spiro atoms. The van der Waals surface area contributed by atoms with Crippen LogP contribution in [0.25, 0.3) is 11.2 Å². The van der Waals surface area contributed by atoms with Crippen molar-refractivity contribution in [3.8, 4) is 17.2 Å². The maximum Gasteiger partial charge on any atom is 0.332 e. The van der Waals surface area contributed by atoms with E-state index < -0.39 is 17.4 Å². The average molecular weight is 523 g/mol. The van der Waals surface area contributed by atoms with Gasteiger partial charge in [-0.15, -0.1) is 0 Å². The summed E-state index contributed by atoms with van der Waals surface area (Å²) in [6.07, 6.45) is -1.01. The van der Waals surface area contributed by atoms with Crippen LogP contribution in [0.5, 0.6) is 17.2 Å². The fourth-order valence-electron chi connectivity index (χ4n) is 3.87. The van der Waals surface area contributed by atoms with E-state index in [-0.39, 0.29) is 30.3 Å². The predicted molar refractivity (Wildman–Crippen MR) is 144 cm³/mol. The lowest BCUT2D eigenvalue weighted by molar-refractivity contribution is 0.0938. The van der Waals surface area contributed by atoms with Crippen molar-refractivity contribution in [2.24, 2.45) is 19.2 Å². The number of anilines is 1. The van der Waals surface area contributed by atoms with Crippen LogP contribution < -0.4 is 30.9 Å². The molecule has 0 saturated carbocycles. The number of aryl methyl sites for hydroxylation is 1. The van der Waals surface area contributed by atoms with Crippen LogP contribution in [-0.2, 0) is 20.6 Å². The largest absolute Gasteiger partial charge is 0.497 e. The highest BCUT2D eigenvalue weighted by Gasteiger charge is 2.21. The zero-order valence-electron chi connectivity index (χ0n) is 21.8. The topological polar surface area (TPSA) is 134 Å². The summed E-state index contributed by atoms with van der Waals surface area (Å²) in [4.78, 5) is 30.0. The lowest BCUT2D eigenvalue weighted by atomic mass is 10.1. The van der Waals surface area contributed by atoms with E-state index in [2.05, 4.69) is 15.5 Å². The summed E-state index contributed by atoms with van der Waals surface area (Å²) >= 11 is 0. The Morgan fingerprint density at radius 2 is 1.55 bits per heavy atom. The number of aliphatic hydroxyl groups excluding tert-OH is 1. The molecule has 0 saturated heterocycles. The highest BCUT2D eigenvalue weighted by molar-refractivity contribution is 5.99. The van der Waals surface area contributed by atoms with Gasteiger partial charge in [-0.2, -0.15) is 10.1 Å². The van der Waals surface area contributed by atoms with Gasteiger partial charge in [-0.25, -0.2) is 10.2 Å². The van der Waals surface area contributed by atoms with Gasteiger partial charge in [0, 0.05) is 14.1 Å². The normalized spacial score (nSPS) is 12.4. The fraction of sp³-hybridized carbons (Fsp3) is 0.308. The first-order chi connectivity index (χ1) is 18.2. The Morgan fingerprint density at radius 1 is 0.974 bits per heavy atom. The molecule has 12 heteroatoms. The molecule has 38 heavy (non-hydrogen) atoms. The molecule has 1 unspecified atom stereocenters. The first-order valence-electron chi connectivity index (χ1n) is 11.8. The minimum absolute atomic E-state index is 0.0421. The summed E-state index contributed by atoms with van der Waals surface area (Å²) in [6, 6.07) is 14.3. The maximum absolute atomic E-state index is 13.1. The Hall–Kier alpha value is -4.58. The highest BCUT2D eigenvalue weighted by Crippen LogP contribution is 2.20. The third-order valence-electron chi connectivity index (χ3n) is 6.07. The quantitative estimate of drug-likeness (QED) is 0.238. The van der Waals surface area contributed by atoms with Crippen molar-refractivity contribution in [2.75, 3.05) is 26.3 Å². The minimum atomic E-state index is -1.01. The SMILES string of the molecule is COc1ccc(OCC(O)Cn2c(NN=C(C)c3ccc(OC)cc3)nc3c2c(=O)n(C)c(=O)n3C)cc1. The Labute approximate surface area is 218 Å². The third-order valence-corrected chi connectivity index (χ3v) is 6.07. The van der Waals surface area contributed by atoms with E-state index in [0.29, 0.717) is 17.2 Å². The zero-order valence-corrected chi connectivity index (χ0v) is 21.8. The maximum atomic E-state index is 13.1. The number of ether oxygens (including phenoxy) is 3. The number of aromatic nitrogens is 4. The van der Waals surface area contributed by atoms with Crippen LogP contribution in [0.3, 0.4) is 0 Å². The molecule has 2 heterocycles. The molecule has 0 fully saturated rings. The van der Waals surface area contributed by atoms with Gasteiger partial charge in [-0.05, 0) is 61.0 Å². The Morgan fingerprint density at radius 3 is 2.16 bits per heavy atom. The number of nitrogens with one attached hydrogen (secondary N) is 1. The van der Waals surface area contributed by atoms with Gasteiger partial charge in [0.05, 0.1) is 26.5 Å². The van der Waals surface area contributed by atoms with E-state index in [1.165, 1.54) is 23.2 Å². The molecule has 0 aliphatic heterocycles. The first kappa shape index (κ1) is 26.5. The third kappa shape index (κ3) is 5.39. The molecular formula is C26H30N6O6. The Balaban J connectivity index is 1.64. The van der Waals surface area contributed by atoms with E-state index >= 15 is 0 Å². The molecule has 0 amide bonds. The lowest BCUT2D eigenvalue weighted by Crippen LogP contribution is -2.38. The van der Waals surface area contributed by atoms with E-state index in [4.69, 9.17) is 14.2 Å². The first-order valence-corrected chi connectivity index (χ1v) is 11.8. The van der Waals surface area contributed by atoms with E-state index in [0.717, 1.165) is 15.9 Å². The number of benzene rings is 2. The van der Waals surface area contributed by atoms with E-state index in [1.807, 2.05) is 31.2 Å². The number of hydrazone groups is 1. The van der Waals surface area contributed by atoms with Gasteiger partial charge >= 0.3 is 5.69 Å². The lowest BCUT2D eigenvalue weighted by Gasteiger charge is -2.15. The molecule has 12 nitrogen and oxygen atoms in total. The second-order valence-corrected chi connectivity index (χ2v) is 8.60. The molecule has 2 aromatic heterocycles. The van der Waals surface area contributed by atoms with Crippen LogP contribution in [0, 0.1) is 0 Å². The molecular weight excluding hydrogens is 492 g/mol. The predicted octanol–water partition coefficient (Wildman–Crippen LogP) is 1.73. The number of imidazole rings is 1. The number of methoxy groups -OCH3 is 2. The molecule has 2 aromatic carbocycles. The molecule has 1 atom stereocenters. The summed E-state index contributed by atoms with van der Waals surface area (Å²) in [5.74, 6) is 2.15. The zero-order chi connectivity index (χ0) is 27.4. The number of hydrogen-bond acceptors (Lipinski definition) is 9. The number of fused-ring (bicyclic) bond motifs is 1. The molecule has 0 aliphatic carbocycles. The van der Waals surface area contributed by atoms with Crippen LogP contribution >= 0.6 is 0 Å². The fourth-order valence-corrected chi connectivity index (χ4v) is 3.87. The second kappa shape index (κ2) is 11.2. The van der Waals surface area contributed by atoms with Crippen molar-refractivity contribution in [3.05, 3.63) is 74.9 Å². The van der Waals surface area contributed by atoms with Crippen LogP contribution in [0.15, 0.2) is 63.2 Å². The number of rotatable bonds is 10. The molecule has 2 N–H and O–H groups in total. The van der Waals surface area contributed by atoms with Crippen LogP contribution in [-0.4, -0.2) is 56.4 Å². The molecule has 0 radical (unpaired) electrons. The van der Waals surface area contributed by atoms with Crippen molar-refractivity contribution in [1.82, 2.24) is 18.7 Å². The van der Waals surface area contributed by atoms with Crippen molar-refractivity contribution in [1.29, 1.82) is 0 Å². The van der Waals surface area contributed by atoms with Gasteiger partial charge in [-0.3, -0.25) is 13.9 Å². The Bertz CT molecular complexity index is 1570. The van der Waals surface area contributed by atoms with Crippen molar-refractivity contribution in [2.45, 2.75) is 19.6 Å². The van der Waals surface area contributed by atoms with Crippen LogP contribution in [0.2, 0.25) is 0 Å². The standard InChI is InChI=1S/C26H30N6O6/c1-16(17-6-8-19(36-4)9-7-17)28-29-25-27-23-22(24(34)31(3)26(35)30(23)2)32(25)14-18(33)15-38-21-12-10-20(37-5)11-13-21/h6-13,18,33H,14-15H2,1-5H3,(H,27,29). The molecule has 200 valence electrons. The molecule has 0 aliphatic rings. The monoisotopic (exact) mass is 522 g/mol. The van der Waals surface area contributed by atoms with Gasteiger partial charge in [-0.1, -0.05) is 0 Å². The minimum Gasteiger partial charge on any atom is -0.497 e. The van der Waals surface area contributed by atoms with Gasteiger partial charge in [0.2, 0.25) is 5.95 Å². The van der Waals surface area contributed by atoms with Crippen molar-refractivity contribution in [3.63, 3.8) is 0 Å². The summed E-state index contributed by atoms with van der Waals surface area (Å²) < 4.78 is 19.8. The number of nitrogens with zero attached hydrogens (tertiary/aromatic N) is 5. The average Bonchev–Trinajstić information content (AvgIpc) is 3.30. The van der Waals surface area contributed by atoms with Crippen LogP contribution in [0.4, 0.5) is 5.95 Å². The summed E-state index contributed by atoms with van der Waals surface area (Å²) in [5.41, 5.74) is 3.65. The Kier molecular flexibility index (Phi) is 7.82. The highest BCUT2D eigenvalue weighted by atomic mass is 16.5. The van der Waals surface area contributed by atoms with E-state index in [9.17, 15) is 14.7 Å². The van der Waals surface area contributed by atoms with Crippen molar-refractivity contribution >= 4 is 22.8 Å². The van der Waals surface area contributed by atoms with E-state index in [1.54, 1.807) is 38.5 Å². The molecule has 4 rings (SSSR count). The summed E-state index contributed by atoms with van der Waals surface area (Å²) in [5, 5.41) is 15.2. The van der Waals surface area contributed by atoms with Crippen molar-refractivity contribution < 1.29 is 19.3 Å². The van der Waals surface area contributed by atoms with Crippen LogP contribution in [0.1, 0.15) is 12.5 Å². The summed E-state index contributed by atoms with van der Waals surface area (Å²) in [6.45, 7) is 1.72. The molecule has 4 aromatic rings. The second-order valence-electron chi connectivity index (χ2n) is 8.60. The summed E-state index contributed by atoms with van der Waals surface area (Å²) in [7, 11) is 6.09.